The predicted molar refractivity (Wildman–Crippen MR) is 55.7 cm³/mol. The lowest BCUT2D eigenvalue weighted by Crippen LogP contribution is -1.92. The van der Waals surface area contributed by atoms with E-state index >= 15 is 0 Å². The number of halogens is 1. The second-order valence-electron chi connectivity index (χ2n) is 2.52. The Balaban J connectivity index is 3.04. The number of nitro benzene ring substituents is 1. The molecule has 0 radical (unpaired) electrons. The van der Waals surface area contributed by atoms with Crippen LogP contribution in [0.5, 0.6) is 0 Å². The van der Waals surface area contributed by atoms with Gasteiger partial charge in [0.1, 0.15) is 5.02 Å². The standard InChI is InChI=1S/C8H8ClNO2S/c9-7-2-1-6(3-4-13)5-8(7)10(11)12/h1-2,5,13H,3-4H2. The molecule has 0 bridgehead atoms. The van der Waals surface area contributed by atoms with E-state index in [2.05, 4.69) is 12.6 Å². The van der Waals surface area contributed by atoms with Gasteiger partial charge in [-0.3, -0.25) is 10.1 Å². The van der Waals surface area contributed by atoms with Gasteiger partial charge in [-0.25, -0.2) is 0 Å². The molecule has 0 saturated carbocycles. The molecule has 0 unspecified atom stereocenters. The number of rotatable bonds is 3. The van der Waals surface area contributed by atoms with Gasteiger partial charge >= 0.3 is 0 Å². The molecule has 0 fully saturated rings. The van der Waals surface area contributed by atoms with Gasteiger partial charge < -0.3 is 0 Å². The van der Waals surface area contributed by atoms with E-state index in [-0.39, 0.29) is 10.7 Å². The number of nitrogens with zero attached hydrogens (tertiary/aromatic N) is 1. The van der Waals surface area contributed by atoms with Gasteiger partial charge in [-0.05, 0) is 23.8 Å². The Kier molecular flexibility index (Phi) is 3.57. The third kappa shape index (κ3) is 2.60. The second-order valence-corrected chi connectivity index (χ2v) is 3.37. The zero-order valence-corrected chi connectivity index (χ0v) is 8.39. The topological polar surface area (TPSA) is 43.1 Å². The fourth-order valence-electron chi connectivity index (χ4n) is 0.983. The summed E-state index contributed by atoms with van der Waals surface area (Å²) in [6, 6.07) is 4.79. The molecule has 0 aliphatic rings. The van der Waals surface area contributed by atoms with Crippen molar-refractivity contribution >= 4 is 29.9 Å². The lowest BCUT2D eigenvalue weighted by molar-refractivity contribution is -0.384. The highest BCUT2D eigenvalue weighted by atomic mass is 35.5. The monoisotopic (exact) mass is 217 g/mol. The Hall–Kier alpha value is -0.740. The molecule has 5 heteroatoms. The van der Waals surface area contributed by atoms with E-state index in [9.17, 15) is 10.1 Å². The highest BCUT2D eigenvalue weighted by molar-refractivity contribution is 7.80. The van der Waals surface area contributed by atoms with Crippen LogP contribution in [0.25, 0.3) is 0 Å². The van der Waals surface area contributed by atoms with Crippen molar-refractivity contribution in [2.75, 3.05) is 5.75 Å². The van der Waals surface area contributed by atoms with Crippen molar-refractivity contribution < 1.29 is 4.92 Å². The zero-order valence-electron chi connectivity index (χ0n) is 6.74. The Morgan fingerprint density at radius 2 is 2.23 bits per heavy atom. The maximum atomic E-state index is 10.5. The van der Waals surface area contributed by atoms with Gasteiger partial charge in [-0.15, -0.1) is 0 Å². The summed E-state index contributed by atoms with van der Waals surface area (Å²) < 4.78 is 0. The molecule has 1 aromatic rings. The molecule has 0 aromatic heterocycles. The fraction of sp³-hybridized carbons (Fsp3) is 0.250. The molecule has 0 spiro atoms. The molecule has 0 saturated heterocycles. The lowest BCUT2D eigenvalue weighted by atomic mass is 10.1. The Morgan fingerprint density at radius 1 is 1.54 bits per heavy atom. The third-order valence-electron chi connectivity index (χ3n) is 1.61. The molecular weight excluding hydrogens is 210 g/mol. The van der Waals surface area contributed by atoms with E-state index in [4.69, 9.17) is 11.6 Å². The van der Waals surface area contributed by atoms with Gasteiger partial charge in [0.15, 0.2) is 0 Å². The number of thiol groups is 1. The van der Waals surface area contributed by atoms with Crippen LogP contribution in [0.4, 0.5) is 5.69 Å². The third-order valence-corrected chi connectivity index (χ3v) is 2.15. The largest absolute Gasteiger partial charge is 0.288 e. The van der Waals surface area contributed by atoms with Gasteiger partial charge in [-0.1, -0.05) is 17.7 Å². The highest BCUT2D eigenvalue weighted by Gasteiger charge is 2.11. The quantitative estimate of drug-likeness (QED) is 0.481. The molecule has 0 heterocycles. The summed E-state index contributed by atoms with van der Waals surface area (Å²) in [4.78, 5) is 10.00. The minimum absolute atomic E-state index is 0.0408. The molecule has 70 valence electrons. The first-order valence-electron chi connectivity index (χ1n) is 3.69. The zero-order chi connectivity index (χ0) is 9.84. The van der Waals surface area contributed by atoms with Crippen LogP contribution in [0.3, 0.4) is 0 Å². The van der Waals surface area contributed by atoms with Crippen molar-refractivity contribution in [3.63, 3.8) is 0 Å². The molecule has 0 amide bonds. The fourth-order valence-corrected chi connectivity index (χ4v) is 1.43. The lowest BCUT2D eigenvalue weighted by Gasteiger charge is -1.99. The van der Waals surface area contributed by atoms with Crippen molar-refractivity contribution in [2.24, 2.45) is 0 Å². The summed E-state index contributed by atoms with van der Waals surface area (Å²) in [7, 11) is 0. The molecule has 0 N–H and O–H groups in total. The van der Waals surface area contributed by atoms with Crippen LogP contribution in [-0.2, 0) is 6.42 Å². The highest BCUT2D eigenvalue weighted by Crippen LogP contribution is 2.25. The number of hydrogen-bond donors (Lipinski definition) is 1. The summed E-state index contributed by atoms with van der Waals surface area (Å²) in [6.45, 7) is 0. The molecule has 0 atom stereocenters. The number of hydrogen-bond acceptors (Lipinski definition) is 3. The van der Waals surface area contributed by atoms with Gasteiger partial charge in [0.05, 0.1) is 4.92 Å². The summed E-state index contributed by atoms with van der Waals surface area (Å²) in [5.74, 6) is 0.665. The van der Waals surface area contributed by atoms with Crippen molar-refractivity contribution in [1.82, 2.24) is 0 Å². The van der Waals surface area contributed by atoms with Crippen molar-refractivity contribution in [3.05, 3.63) is 38.9 Å². The van der Waals surface area contributed by atoms with Crippen LogP contribution >= 0.6 is 24.2 Å². The average Bonchev–Trinajstić information content (AvgIpc) is 2.08. The molecule has 1 rings (SSSR count). The van der Waals surface area contributed by atoms with Crippen LogP contribution in [0.2, 0.25) is 5.02 Å². The van der Waals surface area contributed by atoms with Gasteiger partial charge in [0.2, 0.25) is 0 Å². The molecule has 1 aromatic carbocycles. The maximum absolute atomic E-state index is 10.5. The number of aryl methyl sites for hydroxylation is 1. The first-order valence-corrected chi connectivity index (χ1v) is 4.70. The van der Waals surface area contributed by atoms with Crippen LogP contribution in [-0.4, -0.2) is 10.7 Å². The Morgan fingerprint density at radius 3 is 2.77 bits per heavy atom. The van der Waals surface area contributed by atoms with E-state index in [1.165, 1.54) is 6.07 Å². The minimum atomic E-state index is -0.482. The minimum Gasteiger partial charge on any atom is -0.258 e. The Labute approximate surface area is 86.3 Å². The Bertz CT molecular complexity index is 330. The second kappa shape index (κ2) is 4.48. The predicted octanol–water partition coefficient (Wildman–Crippen LogP) is 2.72. The summed E-state index contributed by atoms with van der Waals surface area (Å²) in [5.41, 5.74) is 0.840. The van der Waals surface area contributed by atoms with Crippen molar-refractivity contribution in [2.45, 2.75) is 6.42 Å². The van der Waals surface area contributed by atoms with Crippen molar-refractivity contribution in [1.29, 1.82) is 0 Å². The maximum Gasteiger partial charge on any atom is 0.288 e. The normalized spacial score (nSPS) is 10.0. The summed E-state index contributed by atoms with van der Waals surface area (Å²) in [5, 5.41) is 10.7. The SMILES string of the molecule is O=[N+]([O-])c1cc(CCS)ccc1Cl. The number of nitro groups is 1. The van der Waals surface area contributed by atoms with E-state index < -0.39 is 4.92 Å². The van der Waals surface area contributed by atoms with Crippen molar-refractivity contribution in [3.8, 4) is 0 Å². The molecular formula is C8H8ClNO2S. The van der Waals surface area contributed by atoms with E-state index in [0.717, 1.165) is 5.56 Å². The molecule has 0 aliphatic carbocycles. The van der Waals surface area contributed by atoms with Gasteiger partial charge in [0.25, 0.3) is 5.69 Å². The van der Waals surface area contributed by atoms with Crippen LogP contribution in [0.15, 0.2) is 18.2 Å². The molecule has 3 nitrogen and oxygen atoms in total. The smallest absolute Gasteiger partial charge is 0.258 e. The van der Waals surface area contributed by atoms with Crippen LogP contribution < -0.4 is 0 Å². The first kappa shape index (κ1) is 10.3. The summed E-state index contributed by atoms with van der Waals surface area (Å²) >= 11 is 9.67. The molecule has 0 aliphatic heterocycles. The van der Waals surface area contributed by atoms with Gasteiger partial charge in [-0.2, -0.15) is 12.6 Å². The first-order chi connectivity index (χ1) is 6.15. The van der Waals surface area contributed by atoms with E-state index in [0.29, 0.717) is 12.2 Å². The van der Waals surface area contributed by atoms with Gasteiger partial charge in [0, 0.05) is 6.07 Å². The number of benzene rings is 1. The molecule has 13 heavy (non-hydrogen) atoms. The van der Waals surface area contributed by atoms with E-state index in [1.807, 2.05) is 0 Å². The van der Waals surface area contributed by atoms with E-state index in [1.54, 1.807) is 12.1 Å². The van der Waals surface area contributed by atoms with Crippen LogP contribution in [0, 0.1) is 10.1 Å². The summed E-state index contributed by atoms with van der Waals surface area (Å²) in [6.07, 6.45) is 0.709. The van der Waals surface area contributed by atoms with Crippen LogP contribution in [0.1, 0.15) is 5.56 Å². The average molecular weight is 218 g/mol.